The molecule has 0 saturated carbocycles. The summed E-state index contributed by atoms with van der Waals surface area (Å²) >= 11 is 1.77. The molecule has 0 amide bonds. The van der Waals surface area contributed by atoms with Gasteiger partial charge in [-0.05, 0) is 49.4 Å². The summed E-state index contributed by atoms with van der Waals surface area (Å²) in [6.07, 6.45) is 5.82. The molecule has 1 heterocycles. The second-order valence-corrected chi connectivity index (χ2v) is 5.55. The first-order chi connectivity index (χ1) is 9.20. The first-order valence-electron chi connectivity index (χ1n) is 6.50. The van der Waals surface area contributed by atoms with Gasteiger partial charge in [0, 0.05) is 29.4 Å². The van der Waals surface area contributed by atoms with Crippen LogP contribution in [0.2, 0.25) is 0 Å². The fourth-order valence-electron chi connectivity index (χ4n) is 2.09. The number of rotatable bonds is 5. The lowest BCUT2D eigenvalue weighted by Gasteiger charge is -2.20. The zero-order chi connectivity index (χ0) is 13.7. The summed E-state index contributed by atoms with van der Waals surface area (Å²) in [5.41, 5.74) is 2.53. The van der Waals surface area contributed by atoms with Gasteiger partial charge in [-0.3, -0.25) is 4.98 Å². The van der Waals surface area contributed by atoms with Crippen LogP contribution in [0.5, 0.6) is 0 Å². The lowest BCUT2D eigenvalue weighted by atomic mass is 10.1. The Morgan fingerprint density at radius 1 is 1.00 bits per heavy atom. The van der Waals surface area contributed by atoms with E-state index in [1.165, 1.54) is 16.0 Å². The predicted octanol–water partition coefficient (Wildman–Crippen LogP) is 4.22. The first kappa shape index (κ1) is 14.1. The van der Waals surface area contributed by atoms with Gasteiger partial charge in [0.2, 0.25) is 0 Å². The highest BCUT2D eigenvalue weighted by Gasteiger charge is 2.10. The van der Waals surface area contributed by atoms with Crippen molar-refractivity contribution < 1.29 is 0 Å². The third-order valence-corrected chi connectivity index (χ3v) is 4.04. The first-order valence-corrected chi connectivity index (χ1v) is 7.73. The summed E-state index contributed by atoms with van der Waals surface area (Å²) in [5, 5.41) is 3.60. The zero-order valence-corrected chi connectivity index (χ0v) is 12.4. The number of aromatic nitrogens is 1. The third kappa shape index (κ3) is 3.82. The molecule has 0 aliphatic rings. The van der Waals surface area contributed by atoms with Gasteiger partial charge in [0.25, 0.3) is 0 Å². The Hall–Kier alpha value is -1.32. The molecule has 0 spiro atoms. The zero-order valence-electron chi connectivity index (χ0n) is 11.6. The molecule has 2 rings (SSSR count). The fourth-order valence-corrected chi connectivity index (χ4v) is 2.50. The second-order valence-electron chi connectivity index (χ2n) is 4.67. The molecule has 2 unspecified atom stereocenters. The quantitative estimate of drug-likeness (QED) is 0.825. The van der Waals surface area contributed by atoms with Crippen molar-refractivity contribution in [2.24, 2.45) is 0 Å². The molecule has 2 aromatic rings. The van der Waals surface area contributed by atoms with Crippen molar-refractivity contribution in [3.8, 4) is 0 Å². The van der Waals surface area contributed by atoms with Crippen LogP contribution in [0.15, 0.2) is 53.7 Å². The molecule has 0 bridgehead atoms. The SMILES string of the molecule is CSc1ccc(C(C)NC(C)c2cccnc2)cc1. The fraction of sp³-hybridized carbons (Fsp3) is 0.312. The smallest absolute Gasteiger partial charge is 0.0315 e. The van der Waals surface area contributed by atoms with Crippen LogP contribution in [0.4, 0.5) is 0 Å². The Kier molecular flexibility index (Phi) is 5.00. The molecular formula is C16H20N2S. The lowest BCUT2D eigenvalue weighted by molar-refractivity contribution is 0.493. The normalized spacial score (nSPS) is 14.1. The Bertz CT molecular complexity index is 496. The number of thioether (sulfide) groups is 1. The van der Waals surface area contributed by atoms with Gasteiger partial charge in [-0.15, -0.1) is 11.8 Å². The van der Waals surface area contributed by atoms with Gasteiger partial charge in [-0.2, -0.15) is 0 Å². The molecule has 0 aliphatic heterocycles. The average Bonchev–Trinajstić information content (AvgIpc) is 2.48. The molecule has 1 aromatic heterocycles. The van der Waals surface area contributed by atoms with Crippen LogP contribution in [0.1, 0.15) is 37.1 Å². The molecule has 19 heavy (non-hydrogen) atoms. The molecule has 3 heteroatoms. The second kappa shape index (κ2) is 6.73. The van der Waals surface area contributed by atoms with Gasteiger partial charge >= 0.3 is 0 Å². The van der Waals surface area contributed by atoms with Gasteiger partial charge < -0.3 is 5.32 Å². The van der Waals surface area contributed by atoms with Crippen molar-refractivity contribution in [2.75, 3.05) is 6.26 Å². The highest BCUT2D eigenvalue weighted by atomic mass is 32.2. The highest BCUT2D eigenvalue weighted by Crippen LogP contribution is 2.21. The molecule has 1 aromatic carbocycles. The standard InChI is InChI=1S/C16H20N2S/c1-12(14-6-8-16(19-3)9-7-14)18-13(2)15-5-4-10-17-11-15/h4-13,18H,1-3H3. The minimum absolute atomic E-state index is 0.295. The predicted molar refractivity (Wildman–Crippen MR) is 82.4 cm³/mol. The largest absolute Gasteiger partial charge is 0.304 e. The summed E-state index contributed by atoms with van der Waals surface area (Å²) in [7, 11) is 0. The van der Waals surface area contributed by atoms with Gasteiger partial charge in [0.15, 0.2) is 0 Å². The molecule has 0 fully saturated rings. The molecule has 0 aliphatic carbocycles. The van der Waals surface area contributed by atoms with Crippen LogP contribution in [0.25, 0.3) is 0 Å². The Labute approximate surface area is 119 Å². The van der Waals surface area contributed by atoms with E-state index >= 15 is 0 Å². The molecular weight excluding hydrogens is 252 g/mol. The van der Waals surface area contributed by atoms with Crippen molar-refractivity contribution in [1.29, 1.82) is 0 Å². The Morgan fingerprint density at radius 2 is 1.68 bits per heavy atom. The molecule has 2 nitrogen and oxygen atoms in total. The molecule has 0 radical (unpaired) electrons. The maximum atomic E-state index is 4.17. The number of nitrogens with one attached hydrogen (secondary N) is 1. The number of nitrogens with zero attached hydrogens (tertiary/aromatic N) is 1. The van der Waals surface area contributed by atoms with Crippen molar-refractivity contribution >= 4 is 11.8 Å². The van der Waals surface area contributed by atoms with Crippen molar-refractivity contribution in [1.82, 2.24) is 10.3 Å². The Balaban J connectivity index is 2.02. The van der Waals surface area contributed by atoms with Gasteiger partial charge in [0.1, 0.15) is 0 Å². The van der Waals surface area contributed by atoms with Crippen molar-refractivity contribution in [3.05, 3.63) is 59.9 Å². The third-order valence-electron chi connectivity index (χ3n) is 3.30. The van der Waals surface area contributed by atoms with Crippen LogP contribution in [-0.4, -0.2) is 11.2 Å². The van der Waals surface area contributed by atoms with Crippen molar-refractivity contribution in [2.45, 2.75) is 30.8 Å². The van der Waals surface area contributed by atoms with E-state index < -0.39 is 0 Å². The van der Waals surface area contributed by atoms with Gasteiger partial charge in [-0.1, -0.05) is 18.2 Å². The van der Waals surface area contributed by atoms with Crippen LogP contribution >= 0.6 is 11.8 Å². The molecule has 2 atom stereocenters. The average molecular weight is 272 g/mol. The molecule has 100 valence electrons. The van der Waals surface area contributed by atoms with Crippen molar-refractivity contribution in [3.63, 3.8) is 0 Å². The van der Waals surface area contributed by atoms with Crippen LogP contribution < -0.4 is 5.32 Å². The Morgan fingerprint density at radius 3 is 2.26 bits per heavy atom. The summed E-state index contributed by atoms with van der Waals surface area (Å²) in [4.78, 5) is 5.47. The molecule has 1 N–H and O–H groups in total. The van der Waals surface area contributed by atoms with E-state index in [1.807, 2.05) is 12.3 Å². The lowest BCUT2D eigenvalue weighted by Crippen LogP contribution is -2.22. The summed E-state index contributed by atoms with van der Waals surface area (Å²) in [6, 6.07) is 13.4. The number of hydrogen-bond donors (Lipinski definition) is 1. The van der Waals surface area contributed by atoms with Crippen LogP contribution in [-0.2, 0) is 0 Å². The van der Waals surface area contributed by atoms with E-state index in [1.54, 1.807) is 18.0 Å². The summed E-state index contributed by atoms with van der Waals surface area (Å²) < 4.78 is 0. The summed E-state index contributed by atoms with van der Waals surface area (Å²) in [5.74, 6) is 0. The summed E-state index contributed by atoms with van der Waals surface area (Å²) in [6.45, 7) is 4.37. The van der Waals surface area contributed by atoms with Crippen LogP contribution in [0.3, 0.4) is 0 Å². The van der Waals surface area contributed by atoms with Gasteiger partial charge in [-0.25, -0.2) is 0 Å². The number of hydrogen-bond acceptors (Lipinski definition) is 3. The van der Waals surface area contributed by atoms with E-state index in [2.05, 4.69) is 60.7 Å². The van der Waals surface area contributed by atoms with E-state index in [9.17, 15) is 0 Å². The minimum atomic E-state index is 0.295. The van der Waals surface area contributed by atoms with E-state index in [4.69, 9.17) is 0 Å². The minimum Gasteiger partial charge on any atom is -0.304 e. The van der Waals surface area contributed by atoms with E-state index in [0.29, 0.717) is 12.1 Å². The molecule has 0 saturated heterocycles. The van der Waals surface area contributed by atoms with E-state index in [-0.39, 0.29) is 0 Å². The maximum Gasteiger partial charge on any atom is 0.0315 e. The topological polar surface area (TPSA) is 24.9 Å². The van der Waals surface area contributed by atoms with E-state index in [0.717, 1.165) is 0 Å². The number of pyridine rings is 1. The van der Waals surface area contributed by atoms with Crippen LogP contribution in [0, 0.1) is 0 Å². The number of benzene rings is 1. The highest BCUT2D eigenvalue weighted by molar-refractivity contribution is 7.98. The maximum absolute atomic E-state index is 4.17. The monoisotopic (exact) mass is 272 g/mol. The van der Waals surface area contributed by atoms with Gasteiger partial charge in [0.05, 0.1) is 0 Å².